The van der Waals surface area contributed by atoms with E-state index in [0.29, 0.717) is 5.92 Å². The lowest BCUT2D eigenvalue weighted by atomic mass is 10.1. The van der Waals surface area contributed by atoms with Crippen LogP contribution in [-0.4, -0.2) is 16.2 Å². The lowest BCUT2D eigenvalue weighted by molar-refractivity contribution is 0.177. The molecule has 1 aromatic rings. The Morgan fingerprint density at radius 2 is 2.50 bits per heavy atom. The summed E-state index contributed by atoms with van der Waals surface area (Å²) in [5.41, 5.74) is 0. The van der Waals surface area contributed by atoms with E-state index in [4.69, 9.17) is 0 Å². The molecule has 2 unspecified atom stereocenters. The van der Waals surface area contributed by atoms with Crippen molar-refractivity contribution in [2.24, 2.45) is 5.92 Å². The van der Waals surface area contributed by atoms with E-state index >= 15 is 0 Å². The molecule has 2 rings (SSSR count). The molecule has 1 saturated carbocycles. The van der Waals surface area contributed by atoms with Crippen molar-refractivity contribution in [3.05, 3.63) is 16.6 Å². The summed E-state index contributed by atoms with van der Waals surface area (Å²) in [5, 5.41) is 12.5. The topological polar surface area (TPSA) is 33.1 Å². The van der Waals surface area contributed by atoms with E-state index in [1.807, 2.05) is 11.6 Å². The van der Waals surface area contributed by atoms with Crippen LogP contribution in [0.2, 0.25) is 0 Å². The van der Waals surface area contributed by atoms with E-state index < -0.39 is 0 Å². The van der Waals surface area contributed by atoms with Crippen LogP contribution in [0.3, 0.4) is 0 Å². The molecule has 66 valence electrons. The van der Waals surface area contributed by atoms with Gasteiger partial charge in [-0.3, -0.25) is 0 Å². The fraction of sp³-hybridized carbons (Fsp3) is 0.667. The quantitative estimate of drug-likeness (QED) is 0.759. The third-order valence-corrected chi connectivity index (χ3v) is 3.26. The molecular weight excluding hydrogens is 170 g/mol. The number of rotatable bonds is 2. The molecule has 2 nitrogen and oxygen atoms in total. The van der Waals surface area contributed by atoms with Gasteiger partial charge in [0.1, 0.15) is 0 Å². The number of nitrogens with zero attached hydrogens (tertiary/aromatic N) is 1. The van der Waals surface area contributed by atoms with Crippen molar-refractivity contribution in [2.45, 2.75) is 31.8 Å². The molecule has 1 aliphatic rings. The Hall–Kier alpha value is -0.410. The van der Waals surface area contributed by atoms with Crippen LogP contribution < -0.4 is 0 Å². The van der Waals surface area contributed by atoms with Crippen LogP contribution in [0.4, 0.5) is 0 Å². The molecule has 0 spiro atoms. The highest BCUT2D eigenvalue weighted by atomic mass is 32.1. The third-order valence-electron chi connectivity index (χ3n) is 2.46. The van der Waals surface area contributed by atoms with Crippen LogP contribution in [0.1, 0.15) is 24.3 Å². The molecule has 1 N–H and O–H groups in total. The summed E-state index contributed by atoms with van der Waals surface area (Å²) in [5.74, 6) is 0.672. The van der Waals surface area contributed by atoms with Crippen molar-refractivity contribution in [3.8, 4) is 0 Å². The second kappa shape index (κ2) is 3.54. The minimum absolute atomic E-state index is 0.0463. The van der Waals surface area contributed by atoms with Gasteiger partial charge in [0.15, 0.2) is 0 Å². The van der Waals surface area contributed by atoms with Gasteiger partial charge in [0.2, 0.25) is 0 Å². The Balaban J connectivity index is 1.88. The Morgan fingerprint density at radius 3 is 3.08 bits per heavy atom. The van der Waals surface area contributed by atoms with Crippen LogP contribution in [0.5, 0.6) is 0 Å². The van der Waals surface area contributed by atoms with Gasteiger partial charge in [-0.2, -0.15) is 0 Å². The zero-order chi connectivity index (χ0) is 8.39. The normalized spacial score (nSPS) is 29.4. The van der Waals surface area contributed by atoms with Gasteiger partial charge in [-0.05, 0) is 25.2 Å². The molecule has 0 saturated heterocycles. The van der Waals surface area contributed by atoms with Gasteiger partial charge in [-0.1, -0.05) is 0 Å². The number of aliphatic hydroxyl groups is 1. The van der Waals surface area contributed by atoms with Crippen LogP contribution in [0.25, 0.3) is 0 Å². The summed E-state index contributed by atoms with van der Waals surface area (Å²) >= 11 is 1.72. The maximum absolute atomic E-state index is 9.31. The van der Waals surface area contributed by atoms with Crippen molar-refractivity contribution in [1.29, 1.82) is 0 Å². The maximum atomic E-state index is 9.31. The van der Waals surface area contributed by atoms with Crippen LogP contribution in [-0.2, 0) is 6.42 Å². The Morgan fingerprint density at radius 1 is 1.58 bits per heavy atom. The summed E-state index contributed by atoms with van der Waals surface area (Å²) in [6, 6.07) is 0. The Kier molecular flexibility index (Phi) is 2.42. The average Bonchev–Trinajstić information content (AvgIpc) is 2.63. The van der Waals surface area contributed by atoms with Crippen molar-refractivity contribution in [1.82, 2.24) is 4.98 Å². The summed E-state index contributed by atoms with van der Waals surface area (Å²) in [6.07, 6.45) is 5.99. The van der Waals surface area contributed by atoms with E-state index in [1.54, 1.807) is 11.3 Å². The Labute approximate surface area is 76.3 Å². The minimum atomic E-state index is -0.0463. The van der Waals surface area contributed by atoms with Gasteiger partial charge in [0.05, 0.1) is 11.1 Å². The Bertz CT molecular complexity index is 235. The summed E-state index contributed by atoms with van der Waals surface area (Å²) in [4.78, 5) is 4.24. The van der Waals surface area contributed by atoms with Crippen LogP contribution in [0, 0.1) is 5.92 Å². The van der Waals surface area contributed by atoms with E-state index in [2.05, 4.69) is 4.98 Å². The molecule has 0 bridgehead atoms. The molecule has 0 radical (unpaired) electrons. The van der Waals surface area contributed by atoms with Crippen molar-refractivity contribution >= 4 is 11.3 Å². The molecule has 1 aromatic heterocycles. The number of aromatic nitrogens is 1. The summed E-state index contributed by atoms with van der Waals surface area (Å²) < 4.78 is 0. The predicted molar refractivity (Wildman–Crippen MR) is 49.2 cm³/mol. The zero-order valence-corrected chi connectivity index (χ0v) is 7.76. The molecule has 0 aromatic carbocycles. The SMILES string of the molecule is OC1CCC(Cc2nccs2)C1. The van der Waals surface area contributed by atoms with Crippen LogP contribution >= 0.6 is 11.3 Å². The first-order chi connectivity index (χ1) is 5.84. The number of thiazole rings is 1. The zero-order valence-electron chi connectivity index (χ0n) is 6.94. The predicted octanol–water partition coefficient (Wildman–Crippen LogP) is 1.85. The first kappa shape index (κ1) is 8.20. The maximum Gasteiger partial charge on any atom is 0.0927 e. The van der Waals surface area contributed by atoms with Crippen molar-refractivity contribution < 1.29 is 5.11 Å². The first-order valence-electron chi connectivity index (χ1n) is 4.41. The molecule has 1 heterocycles. The molecule has 2 atom stereocenters. The number of aliphatic hydroxyl groups excluding tert-OH is 1. The molecule has 1 aliphatic carbocycles. The smallest absolute Gasteiger partial charge is 0.0927 e. The average molecular weight is 183 g/mol. The molecular formula is C9H13NOS. The van der Waals surface area contributed by atoms with E-state index in [1.165, 1.54) is 11.4 Å². The lowest BCUT2D eigenvalue weighted by Crippen LogP contribution is -2.02. The van der Waals surface area contributed by atoms with Gasteiger partial charge >= 0.3 is 0 Å². The highest BCUT2D eigenvalue weighted by molar-refractivity contribution is 7.09. The van der Waals surface area contributed by atoms with Gasteiger partial charge in [-0.25, -0.2) is 4.98 Å². The lowest BCUT2D eigenvalue weighted by Gasteiger charge is -2.05. The van der Waals surface area contributed by atoms with E-state index in [0.717, 1.165) is 19.3 Å². The van der Waals surface area contributed by atoms with Gasteiger partial charge in [0, 0.05) is 18.0 Å². The van der Waals surface area contributed by atoms with Gasteiger partial charge in [-0.15, -0.1) is 11.3 Å². The van der Waals surface area contributed by atoms with Gasteiger partial charge < -0.3 is 5.11 Å². The second-order valence-electron chi connectivity index (χ2n) is 3.46. The fourth-order valence-corrected chi connectivity index (χ4v) is 2.57. The van der Waals surface area contributed by atoms with Crippen molar-refractivity contribution in [2.75, 3.05) is 0 Å². The monoisotopic (exact) mass is 183 g/mol. The van der Waals surface area contributed by atoms with E-state index in [9.17, 15) is 5.11 Å². The highest BCUT2D eigenvalue weighted by Crippen LogP contribution is 2.28. The standard InChI is InChI=1S/C9H13NOS/c11-8-2-1-7(5-8)6-9-10-3-4-12-9/h3-4,7-8,11H,1-2,5-6H2. The summed E-state index contributed by atoms with van der Waals surface area (Å²) in [6.45, 7) is 0. The second-order valence-corrected chi connectivity index (χ2v) is 4.44. The van der Waals surface area contributed by atoms with Crippen LogP contribution in [0.15, 0.2) is 11.6 Å². The third kappa shape index (κ3) is 1.84. The largest absolute Gasteiger partial charge is 0.393 e. The molecule has 1 fully saturated rings. The molecule has 0 aliphatic heterocycles. The summed E-state index contributed by atoms with van der Waals surface area (Å²) in [7, 11) is 0. The van der Waals surface area contributed by atoms with Gasteiger partial charge in [0.25, 0.3) is 0 Å². The molecule has 12 heavy (non-hydrogen) atoms. The number of hydrogen-bond donors (Lipinski definition) is 1. The number of hydrogen-bond acceptors (Lipinski definition) is 3. The minimum Gasteiger partial charge on any atom is -0.393 e. The van der Waals surface area contributed by atoms with E-state index in [-0.39, 0.29) is 6.10 Å². The fourth-order valence-electron chi connectivity index (χ4n) is 1.83. The van der Waals surface area contributed by atoms with Crippen molar-refractivity contribution in [3.63, 3.8) is 0 Å². The molecule has 3 heteroatoms. The highest BCUT2D eigenvalue weighted by Gasteiger charge is 2.23. The first-order valence-corrected chi connectivity index (χ1v) is 5.29. The molecule has 0 amide bonds.